The van der Waals surface area contributed by atoms with Crippen molar-refractivity contribution in [2.45, 2.75) is 43.9 Å². The molecule has 6 heteroatoms. The van der Waals surface area contributed by atoms with E-state index < -0.39 is 0 Å². The quantitative estimate of drug-likeness (QED) is 0.581. The van der Waals surface area contributed by atoms with Gasteiger partial charge in [0.15, 0.2) is 4.34 Å². The van der Waals surface area contributed by atoms with Crippen LogP contribution in [0.15, 0.2) is 28.6 Å². The second kappa shape index (κ2) is 8.90. The summed E-state index contributed by atoms with van der Waals surface area (Å²) in [5.41, 5.74) is 2.50. The number of thioether (sulfide) groups is 1. The van der Waals surface area contributed by atoms with Crippen LogP contribution in [-0.2, 0) is 17.6 Å². The second-order valence-electron chi connectivity index (χ2n) is 4.94. The molecule has 0 aliphatic rings. The minimum absolute atomic E-state index is 0.0113. The molecule has 1 aromatic heterocycles. The van der Waals surface area contributed by atoms with Crippen molar-refractivity contribution < 1.29 is 4.79 Å². The van der Waals surface area contributed by atoms with E-state index in [0.717, 1.165) is 29.4 Å². The SMILES string of the molecule is CCCSc1nnc(NC(=O)CCc2ccc(CC)cc2)s1. The first-order valence-corrected chi connectivity index (χ1v) is 9.35. The zero-order valence-electron chi connectivity index (χ0n) is 13.0. The molecule has 0 aliphatic heterocycles. The summed E-state index contributed by atoms with van der Waals surface area (Å²) in [5, 5.41) is 11.5. The third-order valence-electron chi connectivity index (χ3n) is 3.15. The molecule has 1 amide bonds. The summed E-state index contributed by atoms with van der Waals surface area (Å²) in [6.45, 7) is 4.27. The smallest absolute Gasteiger partial charge is 0.226 e. The third kappa shape index (κ3) is 5.42. The van der Waals surface area contributed by atoms with Gasteiger partial charge in [0.2, 0.25) is 11.0 Å². The summed E-state index contributed by atoms with van der Waals surface area (Å²) in [4.78, 5) is 12.0. The Morgan fingerprint density at radius 1 is 1.18 bits per heavy atom. The molecule has 0 unspecified atom stereocenters. The van der Waals surface area contributed by atoms with Gasteiger partial charge in [0.1, 0.15) is 0 Å². The Labute approximate surface area is 139 Å². The first kappa shape index (κ1) is 17.0. The van der Waals surface area contributed by atoms with Crippen LogP contribution in [0.3, 0.4) is 0 Å². The fourth-order valence-corrected chi connectivity index (χ4v) is 3.58. The fraction of sp³-hybridized carbons (Fsp3) is 0.438. The Bertz CT molecular complexity index is 596. The van der Waals surface area contributed by atoms with E-state index in [-0.39, 0.29) is 5.91 Å². The van der Waals surface area contributed by atoms with Gasteiger partial charge in [0.05, 0.1) is 0 Å². The first-order chi connectivity index (χ1) is 10.7. The zero-order valence-corrected chi connectivity index (χ0v) is 14.6. The Hall–Kier alpha value is -1.40. The number of benzene rings is 1. The highest BCUT2D eigenvalue weighted by atomic mass is 32.2. The molecular formula is C16H21N3OS2. The van der Waals surface area contributed by atoms with Crippen LogP contribution in [0.4, 0.5) is 5.13 Å². The van der Waals surface area contributed by atoms with E-state index >= 15 is 0 Å². The van der Waals surface area contributed by atoms with Crippen LogP contribution >= 0.6 is 23.1 Å². The number of nitrogens with zero attached hydrogens (tertiary/aromatic N) is 2. The van der Waals surface area contributed by atoms with Crippen molar-refractivity contribution in [1.82, 2.24) is 10.2 Å². The van der Waals surface area contributed by atoms with Gasteiger partial charge in [-0.25, -0.2) is 0 Å². The summed E-state index contributed by atoms with van der Waals surface area (Å²) in [6, 6.07) is 8.43. The van der Waals surface area contributed by atoms with Crippen molar-refractivity contribution >= 4 is 34.1 Å². The molecule has 0 spiro atoms. The lowest BCUT2D eigenvalue weighted by Gasteiger charge is -2.03. The Morgan fingerprint density at radius 2 is 1.91 bits per heavy atom. The van der Waals surface area contributed by atoms with E-state index in [4.69, 9.17) is 0 Å². The van der Waals surface area contributed by atoms with Gasteiger partial charge >= 0.3 is 0 Å². The molecular weight excluding hydrogens is 314 g/mol. The van der Waals surface area contributed by atoms with Gasteiger partial charge in [-0.1, -0.05) is 61.2 Å². The summed E-state index contributed by atoms with van der Waals surface area (Å²) in [5.74, 6) is 1.01. The maximum Gasteiger partial charge on any atom is 0.226 e. The van der Waals surface area contributed by atoms with Gasteiger partial charge in [-0.2, -0.15) is 0 Å². The van der Waals surface area contributed by atoms with Gasteiger partial charge in [-0.3, -0.25) is 4.79 Å². The number of anilines is 1. The van der Waals surface area contributed by atoms with Crippen LogP contribution in [0.2, 0.25) is 0 Å². The number of hydrogen-bond acceptors (Lipinski definition) is 5. The van der Waals surface area contributed by atoms with Gasteiger partial charge < -0.3 is 5.32 Å². The Morgan fingerprint density at radius 3 is 2.59 bits per heavy atom. The Kier molecular flexibility index (Phi) is 6.86. The predicted octanol–water partition coefficient (Wildman–Crippen LogP) is 4.17. The molecule has 4 nitrogen and oxygen atoms in total. The van der Waals surface area contributed by atoms with E-state index in [2.05, 4.69) is 53.6 Å². The van der Waals surface area contributed by atoms with Gasteiger partial charge in [0.25, 0.3) is 0 Å². The highest BCUT2D eigenvalue weighted by Gasteiger charge is 2.08. The maximum atomic E-state index is 12.0. The van der Waals surface area contributed by atoms with Crippen molar-refractivity contribution in [3.63, 3.8) is 0 Å². The van der Waals surface area contributed by atoms with Crippen LogP contribution < -0.4 is 5.32 Å². The molecule has 1 heterocycles. The lowest BCUT2D eigenvalue weighted by Crippen LogP contribution is -2.12. The largest absolute Gasteiger partial charge is 0.300 e. The van der Waals surface area contributed by atoms with Crippen molar-refractivity contribution in [3.8, 4) is 0 Å². The molecule has 0 fully saturated rings. The van der Waals surface area contributed by atoms with E-state index in [0.29, 0.717) is 11.6 Å². The summed E-state index contributed by atoms with van der Waals surface area (Å²) in [6.07, 6.45) is 3.34. The normalized spacial score (nSPS) is 10.6. The third-order valence-corrected chi connectivity index (χ3v) is 5.33. The molecule has 0 radical (unpaired) electrons. The van der Waals surface area contributed by atoms with E-state index in [1.54, 1.807) is 11.8 Å². The van der Waals surface area contributed by atoms with Crippen molar-refractivity contribution in [1.29, 1.82) is 0 Å². The number of aromatic nitrogens is 2. The molecule has 1 aromatic carbocycles. The van der Waals surface area contributed by atoms with E-state index in [1.165, 1.54) is 22.5 Å². The maximum absolute atomic E-state index is 12.0. The average molecular weight is 335 g/mol. The first-order valence-electron chi connectivity index (χ1n) is 7.55. The monoisotopic (exact) mass is 335 g/mol. The fourth-order valence-electron chi connectivity index (χ4n) is 1.89. The van der Waals surface area contributed by atoms with Crippen LogP contribution in [0.25, 0.3) is 0 Å². The van der Waals surface area contributed by atoms with Crippen LogP contribution in [0.1, 0.15) is 37.8 Å². The summed E-state index contributed by atoms with van der Waals surface area (Å²) in [7, 11) is 0. The van der Waals surface area contributed by atoms with Crippen LogP contribution in [0, 0.1) is 0 Å². The molecule has 0 saturated heterocycles. The van der Waals surface area contributed by atoms with Crippen LogP contribution in [-0.4, -0.2) is 21.9 Å². The molecule has 0 atom stereocenters. The lowest BCUT2D eigenvalue weighted by molar-refractivity contribution is -0.116. The number of rotatable bonds is 8. The number of nitrogens with one attached hydrogen (secondary N) is 1. The molecule has 0 bridgehead atoms. The number of carbonyl (C=O) groups is 1. The molecule has 2 rings (SSSR count). The topological polar surface area (TPSA) is 54.9 Å². The van der Waals surface area contributed by atoms with Crippen molar-refractivity contribution in [2.24, 2.45) is 0 Å². The van der Waals surface area contributed by atoms with Gasteiger partial charge in [0, 0.05) is 12.2 Å². The predicted molar refractivity (Wildman–Crippen MR) is 93.7 cm³/mol. The number of aryl methyl sites for hydroxylation is 2. The minimum atomic E-state index is -0.0113. The number of amides is 1. The number of carbonyl (C=O) groups excluding carboxylic acids is 1. The number of hydrogen-bond donors (Lipinski definition) is 1. The molecule has 22 heavy (non-hydrogen) atoms. The highest BCUT2D eigenvalue weighted by molar-refractivity contribution is 8.01. The van der Waals surface area contributed by atoms with Gasteiger partial charge in [-0.05, 0) is 30.4 Å². The van der Waals surface area contributed by atoms with Crippen LogP contribution in [0.5, 0.6) is 0 Å². The molecule has 118 valence electrons. The average Bonchev–Trinajstić information content (AvgIpc) is 2.98. The molecule has 0 aliphatic carbocycles. The minimum Gasteiger partial charge on any atom is -0.300 e. The zero-order chi connectivity index (χ0) is 15.8. The standard InChI is InChI=1S/C16H21N3OS2/c1-3-11-21-16-19-18-15(22-16)17-14(20)10-9-13-7-5-12(4-2)6-8-13/h5-8H,3-4,9-11H2,1-2H3,(H,17,18,20). The van der Waals surface area contributed by atoms with Crippen molar-refractivity contribution in [2.75, 3.05) is 11.1 Å². The van der Waals surface area contributed by atoms with E-state index in [9.17, 15) is 4.79 Å². The Balaban J connectivity index is 1.78. The van der Waals surface area contributed by atoms with Crippen molar-refractivity contribution in [3.05, 3.63) is 35.4 Å². The second-order valence-corrected chi connectivity index (χ2v) is 7.26. The lowest BCUT2D eigenvalue weighted by atomic mass is 10.1. The summed E-state index contributed by atoms with van der Waals surface area (Å²) >= 11 is 3.11. The van der Waals surface area contributed by atoms with E-state index in [1.807, 2.05) is 0 Å². The van der Waals surface area contributed by atoms with Gasteiger partial charge in [-0.15, -0.1) is 10.2 Å². The molecule has 1 N–H and O–H groups in total. The molecule has 0 saturated carbocycles. The summed E-state index contributed by atoms with van der Waals surface area (Å²) < 4.78 is 0.910. The molecule has 2 aromatic rings. The highest BCUT2D eigenvalue weighted by Crippen LogP contribution is 2.25.